The molecule has 2 aliphatic heterocycles. The van der Waals surface area contributed by atoms with Crippen molar-refractivity contribution in [3.8, 4) is 0 Å². The van der Waals surface area contributed by atoms with Crippen LogP contribution in [0.4, 0.5) is 11.4 Å². The fourth-order valence-corrected chi connectivity index (χ4v) is 4.18. The van der Waals surface area contributed by atoms with Gasteiger partial charge < -0.3 is 14.5 Å². The average molecular weight is 345 g/mol. The van der Waals surface area contributed by atoms with Gasteiger partial charge in [-0.1, -0.05) is 6.07 Å². The number of nitrogens with zero attached hydrogens (tertiary/aromatic N) is 2. The van der Waals surface area contributed by atoms with Crippen LogP contribution >= 0.6 is 0 Å². The quantitative estimate of drug-likeness (QED) is 0.757. The van der Waals surface area contributed by atoms with E-state index in [1.165, 1.54) is 68.7 Å². The predicted octanol–water partition coefficient (Wildman–Crippen LogP) is 4.88. The van der Waals surface area contributed by atoms with Crippen LogP contribution in [0, 0.1) is 5.92 Å². The number of aryl methyl sites for hydroxylation is 1. The van der Waals surface area contributed by atoms with E-state index in [-0.39, 0.29) is 5.60 Å². The summed E-state index contributed by atoms with van der Waals surface area (Å²) in [6, 6.07) is 7.16. The summed E-state index contributed by atoms with van der Waals surface area (Å²) in [6.45, 7) is 14.3. The highest BCUT2D eigenvalue weighted by Gasteiger charge is 2.22. The summed E-state index contributed by atoms with van der Waals surface area (Å²) in [5, 5.41) is 0. The Kier molecular flexibility index (Phi) is 5.93. The van der Waals surface area contributed by atoms with Crippen molar-refractivity contribution >= 4 is 11.4 Å². The van der Waals surface area contributed by atoms with E-state index in [1.807, 2.05) is 0 Å². The lowest BCUT2D eigenvalue weighted by molar-refractivity contribution is -0.0103. The maximum Gasteiger partial charge on any atom is 0.0598 e. The van der Waals surface area contributed by atoms with E-state index >= 15 is 0 Å². The van der Waals surface area contributed by atoms with Crippen molar-refractivity contribution in [2.75, 3.05) is 42.6 Å². The monoisotopic (exact) mass is 344 g/mol. The van der Waals surface area contributed by atoms with Gasteiger partial charge in [-0.2, -0.15) is 0 Å². The Bertz CT molecular complexity index is 556. The maximum atomic E-state index is 5.91. The number of benzene rings is 1. The fraction of sp³-hybridized carbons (Fsp3) is 0.727. The summed E-state index contributed by atoms with van der Waals surface area (Å²) in [4.78, 5) is 5.13. The van der Waals surface area contributed by atoms with Crippen LogP contribution in [0.1, 0.15) is 58.9 Å². The van der Waals surface area contributed by atoms with E-state index in [0.717, 1.165) is 19.1 Å². The molecule has 3 rings (SSSR count). The predicted molar refractivity (Wildman–Crippen MR) is 108 cm³/mol. The molecule has 3 heteroatoms. The largest absolute Gasteiger partial charge is 0.376 e. The molecule has 0 N–H and O–H groups in total. The number of hydrogen-bond donors (Lipinski definition) is 0. The molecule has 2 aliphatic rings. The highest BCUT2D eigenvalue weighted by Crippen LogP contribution is 2.33. The first-order chi connectivity index (χ1) is 12.0. The second kappa shape index (κ2) is 7.99. The van der Waals surface area contributed by atoms with Crippen LogP contribution < -0.4 is 9.80 Å². The summed E-state index contributed by atoms with van der Waals surface area (Å²) >= 11 is 0. The van der Waals surface area contributed by atoms with E-state index in [4.69, 9.17) is 4.74 Å². The Hall–Kier alpha value is -1.22. The van der Waals surface area contributed by atoms with Crippen molar-refractivity contribution in [2.45, 2.75) is 65.4 Å². The lowest BCUT2D eigenvalue weighted by atomic mass is 9.93. The van der Waals surface area contributed by atoms with Crippen LogP contribution in [0.15, 0.2) is 18.2 Å². The van der Waals surface area contributed by atoms with Crippen molar-refractivity contribution in [2.24, 2.45) is 5.92 Å². The van der Waals surface area contributed by atoms with Crippen molar-refractivity contribution < 1.29 is 4.74 Å². The minimum absolute atomic E-state index is 0.00498. The zero-order chi connectivity index (χ0) is 17.9. The van der Waals surface area contributed by atoms with Crippen LogP contribution in [0.25, 0.3) is 0 Å². The van der Waals surface area contributed by atoms with Gasteiger partial charge in [0.1, 0.15) is 0 Å². The van der Waals surface area contributed by atoms with E-state index in [2.05, 4.69) is 55.7 Å². The van der Waals surface area contributed by atoms with Gasteiger partial charge in [0.15, 0.2) is 0 Å². The van der Waals surface area contributed by atoms with Gasteiger partial charge in [-0.15, -0.1) is 0 Å². The number of fused-ring (bicyclic) bond motifs is 1. The molecule has 2 heterocycles. The second-order valence-corrected chi connectivity index (χ2v) is 8.68. The van der Waals surface area contributed by atoms with Crippen LogP contribution in [-0.2, 0) is 11.2 Å². The molecule has 0 bridgehead atoms. The van der Waals surface area contributed by atoms with Gasteiger partial charge in [-0.05, 0) is 83.4 Å². The minimum atomic E-state index is -0.00498. The normalized spacial score (nSPS) is 19.2. The Labute approximate surface area is 154 Å². The van der Waals surface area contributed by atoms with Gasteiger partial charge in [0.25, 0.3) is 0 Å². The third-order valence-corrected chi connectivity index (χ3v) is 5.71. The second-order valence-electron chi connectivity index (χ2n) is 8.68. The number of anilines is 2. The van der Waals surface area contributed by atoms with Crippen LogP contribution in [0.3, 0.4) is 0 Å². The van der Waals surface area contributed by atoms with Crippen LogP contribution in [0.2, 0.25) is 0 Å². The van der Waals surface area contributed by atoms with Crippen LogP contribution in [-0.4, -0.2) is 38.4 Å². The molecule has 0 amide bonds. The molecule has 1 aromatic rings. The maximum absolute atomic E-state index is 5.91. The first-order valence-corrected chi connectivity index (χ1v) is 10.2. The van der Waals surface area contributed by atoms with Gasteiger partial charge in [0.2, 0.25) is 0 Å². The van der Waals surface area contributed by atoms with Gasteiger partial charge in [0.05, 0.1) is 5.60 Å². The summed E-state index contributed by atoms with van der Waals surface area (Å²) < 4.78 is 5.91. The highest BCUT2D eigenvalue weighted by atomic mass is 16.5. The van der Waals surface area contributed by atoms with Crippen molar-refractivity contribution in [1.29, 1.82) is 0 Å². The molecule has 1 saturated heterocycles. The number of piperidine rings is 1. The van der Waals surface area contributed by atoms with Gasteiger partial charge in [-0.25, -0.2) is 0 Å². The van der Waals surface area contributed by atoms with Crippen LogP contribution in [0.5, 0.6) is 0 Å². The summed E-state index contributed by atoms with van der Waals surface area (Å²) in [5.41, 5.74) is 4.43. The molecule has 1 fully saturated rings. The minimum Gasteiger partial charge on any atom is -0.376 e. The van der Waals surface area contributed by atoms with Crippen molar-refractivity contribution in [3.63, 3.8) is 0 Å². The lowest BCUT2D eigenvalue weighted by Gasteiger charge is -2.36. The molecule has 0 aromatic heterocycles. The highest BCUT2D eigenvalue weighted by molar-refractivity contribution is 5.65. The third kappa shape index (κ3) is 4.91. The SMILES string of the molecule is CCN1CCCc2ccc(N3CCC(CCOC(C)(C)C)CC3)cc21. The fourth-order valence-electron chi connectivity index (χ4n) is 4.18. The molecule has 25 heavy (non-hydrogen) atoms. The molecule has 0 saturated carbocycles. The summed E-state index contributed by atoms with van der Waals surface area (Å²) in [6.07, 6.45) is 6.33. The van der Waals surface area contributed by atoms with Crippen molar-refractivity contribution in [1.82, 2.24) is 0 Å². The number of rotatable bonds is 5. The molecule has 140 valence electrons. The molecular weight excluding hydrogens is 308 g/mol. The molecule has 1 aromatic carbocycles. The van der Waals surface area contributed by atoms with Crippen molar-refractivity contribution in [3.05, 3.63) is 23.8 Å². The number of hydrogen-bond acceptors (Lipinski definition) is 3. The van der Waals surface area contributed by atoms with E-state index in [9.17, 15) is 0 Å². The first kappa shape index (κ1) is 18.6. The molecule has 0 unspecified atom stereocenters. The Morgan fingerprint density at radius 2 is 1.88 bits per heavy atom. The molecule has 3 nitrogen and oxygen atoms in total. The van der Waals surface area contributed by atoms with Gasteiger partial charge in [0, 0.05) is 44.2 Å². The zero-order valence-electron chi connectivity index (χ0n) is 16.7. The van der Waals surface area contributed by atoms with Gasteiger partial charge >= 0.3 is 0 Å². The van der Waals surface area contributed by atoms with Gasteiger partial charge in [-0.3, -0.25) is 0 Å². The summed E-state index contributed by atoms with van der Waals surface area (Å²) in [5.74, 6) is 0.823. The molecule has 0 radical (unpaired) electrons. The standard InChI is InChI=1S/C22H36N2O/c1-5-23-13-6-7-19-8-9-20(17-21(19)23)24-14-10-18(11-15-24)12-16-25-22(2,3)4/h8-9,17-18H,5-7,10-16H2,1-4H3. The molecule has 0 spiro atoms. The lowest BCUT2D eigenvalue weighted by Crippen LogP contribution is -2.35. The molecular formula is C22H36N2O. The smallest absolute Gasteiger partial charge is 0.0598 e. The number of ether oxygens (including phenoxy) is 1. The van der Waals surface area contributed by atoms with E-state index in [0.29, 0.717) is 0 Å². The Balaban J connectivity index is 1.55. The Morgan fingerprint density at radius 1 is 1.12 bits per heavy atom. The molecule has 0 aliphatic carbocycles. The molecule has 0 atom stereocenters. The summed E-state index contributed by atoms with van der Waals surface area (Å²) in [7, 11) is 0. The topological polar surface area (TPSA) is 15.7 Å². The van der Waals surface area contributed by atoms with E-state index < -0.39 is 0 Å². The zero-order valence-corrected chi connectivity index (χ0v) is 16.7. The Morgan fingerprint density at radius 3 is 2.56 bits per heavy atom. The first-order valence-electron chi connectivity index (χ1n) is 10.2. The van der Waals surface area contributed by atoms with E-state index in [1.54, 1.807) is 0 Å². The third-order valence-electron chi connectivity index (χ3n) is 5.71. The average Bonchev–Trinajstić information content (AvgIpc) is 2.60.